The summed E-state index contributed by atoms with van der Waals surface area (Å²) in [7, 11) is -4.10. The van der Waals surface area contributed by atoms with Crippen LogP contribution in [-0.2, 0) is 10.0 Å². The fourth-order valence-electron chi connectivity index (χ4n) is 2.07. The van der Waals surface area contributed by atoms with Crippen molar-refractivity contribution in [2.75, 3.05) is 9.93 Å². The van der Waals surface area contributed by atoms with E-state index in [4.69, 9.17) is 23.2 Å². The van der Waals surface area contributed by atoms with Gasteiger partial charge in [-0.1, -0.05) is 11.6 Å². The summed E-state index contributed by atoms with van der Waals surface area (Å²) in [5.74, 6) is -2.66. The van der Waals surface area contributed by atoms with Crippen molar-refractivity contribution in [3.05, 3.63) is 60.8 Å². The number of carbonyl (C=O) groups is 1. The third-order valence-corrected chi connectivity index (χ3v) is 6.01. The minimum absolute atomic E-state index is 0.172. The molecule has 2 aromatic rings. The first-order valence-electron chi connectivity index (χ1n) is 6.74. The van der Waals surface area contributed by atoms with Crippen molar-refractivity contribution in [2.24, 2.45) is 0 Å². The van der Waals surface area contributed by atoms with Crippen molar-refractivity contribution in [3.8, 4) is 5.75 Å². The lowest BCUT2D eigenvalue weighted by molar-refractivity contribution is -0.385. The number of phenols is 1. The lowest BCUT2D eigenvalue weighted by atomic mass is 10.0. The number of alkyl halides is 1. The topological polar surface area (TPSA) is 127 Å². The Hall–Kier alpha value is -1.95. The predicted molar refractivity (Wildman–Crippen MR) is 101 cm³/mol. The highest BCUT2D eigenvalue weighted by Crippen LogP contribution is 2.42. The third-order valence-electron chi connectivity index (χ3n) is 3.23. The molecule has 2 aromatic carbocycles. The van der Waals surface area contributed by atoms with Gasteiger partial charge in [0.1, 0.15) is 16.6 Å². The fourth-order valence-corrected chi connectivity index (χ4v) is 3.57. The van der Waals surface area contributed by atoms with Crippen LogP contribution in [0.15, 0.2) is 28.7 Å². The van der Waals surface area contributed by atoms with Crippen molar-refractivity contribution >= 4 is 66.3 Å². The molecule has 0 spiro atoms. The Balaban J connectivity index is 2.73. The highest BCUT2D eigenvalue weighted by molar-refractivity contribution is 9.10. The number of nitro groups is 1. The molecular formula is C14H8BrCl2FN2O6S. The minimum atomic E-state index is -4.10. The number of anilines is 1. The largest absolute Gasteiger partial charge is 0.505 e. The van der Waals surface area contributed by atoms with Gasteiger partial charge in [0.2, 0.25) is 15.8 Å². The number of halogens is 4. The molecule has 0 aliphatic rings. The van der Waals surface area contributed by atoms with Crippen molar-refractivity contribution in [2.45, 2.75) is 0 Å². The van der Waals surface area contributed by atoms with Gasteiger partial charge in [0.25, 0.3) is 5.69 Å². The number of sulfonamides is 1. The van der Waals surface area contributed by atoms with Crippen molar-refractivity contribution in [1.29, 1.82) is 0 Å². The van der Waals surface area contributed by atoms with Crippen LogP contribution in [0.5, 0.6) is 5.75 Å². The molecule has 0 amide bonds. The Kier molecular flexibility index (Phi) is 6.30. The molecule has 13 heteroatoms. The van der Waals surface area contributed by atoms with Crippen LogP contribution in [-0.4, -0.2) is 29.4 Å². The van der Waals surface area contributed by atoms with Crippen LogP contribution in [0.4, 0.5) is 15.8 Å². The van der Waals surface area contributed by atoms with Gasteiger partial charge in [0.15, 0.2) is 5.75 Å². The second-order valence-electron chi connectivity index (χ2n) is 5.02. The molecule has 27 heavy (non-hydrogen) atoms. The summed E-state index contributed by atoms with van der Waals surface area (Å²) >= 11 is 14.0. The molecule has 8 nitrogen and oxygen atoms in total. The first-order valence-corrected chi connectivity index (χ1v) is 10.1. The van der Waals surface area contributed by atoms with Crippen molar-refractivity contribution < 1.29 is 27.6 Å². The highest BCUT2D eigenvalue weighted by atomic mass is 79.9. The lowest BCUT2D eigenvalue weighted by Gasteiger charge is -2.13. The van der Waals surface area contributed by atoms with E-state index in [1.807, 2.05) is 4.72 Å². The first kappa shape index (κ1) is 21.4. The smallest absolute Gasteiger partial charge is 0.284 e. The number of phenolic OH excluding ortho intramolecular Hbond substituents is 1. The van der Waals surface area contributed by atoms with Gasteiger partial charge in [-0.05, 0) is 34.1 Å². The molecule has 0 unspecified atom stereocenters. The van der Waals surface area contributed by atoms with E-state index in [1.54, 1.807) is 0 Å². The molecule has 0 fully saturated rings. The Morgan fingerprint density at radius 3 is 2.56 bits per heavy atom. The third kappa shape index (κ3) is 4.49. The molecule has 0 aromatic heterocycles. The number of benzene rings is 2. The lowest BCUT2D eigenvalue weighted by Crippen LogP contribution is -2.15. The number of nitrogens with zero attached hydrogens (tertiary/aromatic N) is 1. The van der Waals surface area contributed by atoms with Crippen LogP contribution >= 0.6 is 39.1 Å². The Labute approximate surface area is 170 Å². The van der Waals surface area contributed by atoms with Crippen LogP contribution in [0.1, 0.15) is 15.9 Å². The summed E-state index contributed by atoms with van der Waals surface area (Å²) in [6.07, 6.45) is 0. The predicted octanol–water partition coefficient (Wildman–Crippen LogP) is 4.02. The zero-order valence-corrected chi connectivity index (χ0v) is 16.8. The van der Waals surface area contributed by atoms with E-state index in [-0.39, 0.29) is 10.6 Å². The van der Waals surface area contributed by atoms with Crippen LogP contribution in [0.3, 0.4) is 0 Å². The molecule has 0 radical (unpaired) electrons. The maximum Gasteiger partial charge on any atom is 0.284 e. The van der Waals surface area contributed by atoms with E-state index >= 15 is 0 Å². The van der Waals surface area contributed by atoms with E-state index in [0.717, 1.165) is 18.2 Å². The first-order chi connectivity index (χ1) is 12.5. The number of nitro benzene ring substituents is 1. The summed E-state index contributed by atoms with van der Waals surface area (Å²) in [4.78, 5) is 23.1. The average Bonchev–Trinajstić information content (AvgIpc) is 2.60. The van der Waals surface area contributed by atoms with Crippen molar-refractivity contribution in [1.82, 2.24) is 0 Å². The molecule has 2 rings (SSSR count). The summed E-state index contributed by atoms with van der Waals surface area (Å²) in [5, 5.41) is 20.5. The number of nitrogens with one attached hydrogen (secondary N) is 1. The number of hydrogen-bond donors (Lipinski definition) is 2. The quantitative estimate of drug-likeness (QED) is 0.202. The molecular weight excluding hydrogens is 494 g/mol. The van der Waals surface area contributed by atoms with E-state index in [2.05, 4.69) is 15.9 Å². The van der Waals surface area contributed by atoms with E-state index in [9.17, 15) is 32.8 Å². The minimum Gasteiger partial charge on any atom is -0.505 e. The number of hydrogen-bond acceptors (Lipinski definition) is 6. The van der Waals surface area contributed by atoms with Gasteiger partial charge in [0.05, 0.1) is 20.1 Å². The van der Waals surface area contributed by atoms with Crippen molar-refractivity contribution in [3.63, 3.8) is 0 Å². The molecule has 0 saturated heterocycles. The van der Waals surface area contributed by atoms with Gasteiger partial charge in [0, 0.05) is 11.6 Å². The van der Waals surface area contributed by atoms with Gasteiger partial charge in [-0.3, -0.25) is 19.6 Å². The second-order valence-corrected chi connectivity index (χ2v) is 8.52. The zero-order chi connectivity index (χ0) is 20.5. The fraction of sp³-hybridized carbons (Fsp3) is 0.0714. The maximum absolute atomic E-state index is 13.5. The number of ketones is 1. The second kappa shape index (κ2) is 7.97. The maximum atomic E-state index is 13.5. The van der Waals surface area contributed by atoms with Crippen LogP contribution in [0.2, 0.25) is 5.02 Å². The molecule has 0 heterocycles. The zero-order valence-electron chi connectivity index (χ0n) is 12.9. The number of carbonyl (C=O) groups excluding carboxylic acids is 1. The SMILES string of the molecule is O=C(c1cc(F)ccc1Cl)c1c([N+](=O)[O-])cc(NS(=O)(=O)CCl)c(O)c1Br. The Morgan fingerprint density at radius 2 is 2.00 bits per heavy atom. The van der Waals surface area contributed by atoms with Crippen LogP contribution < -0.4 is 4.72 Å². The summed E-state index contributed by atoms with van der Waals surface area (Å²) in [5.41, 5.74) is -2.44. The molecule has 0 bridgehead atoms. The standard InChI is InChI=1S/C14H8BrCl2FN2O6S/c15-12-11(13(21)7-3-6(18)1-2-8(7)17)10(20(23)24)4-9(14(12)22)19-27(25,26)5-16/h1-4,19,22H,5H2. The molecule has 0 aliphatic carbocycles. The summed E-state index contributed by atoms with van der Waals surface area (Å²) in [6.45, 7) is 0. The molecule has 0 saturated carbocycles. The van der Waals surface area contributed by atoms with Gasteiger partial charge in [-0.2, -0.15) is 0 Å². The molecule has 144 valence electrons. The molecule has 0 aliphatic heterocycles. The number of aromatic hydroxyl groups is 1. The van der Waals surface area contributed by atoms with E-state index in [0.29, 0.717) is 6.07 Å². The summed E-state index contributed by atoms with van der Waals surface area (Å²) < 4.78 is 38.0. The molecule has 0 atom stereocenters. The van der Waals surface area contributed by atoms with Gasteiger partial charge in [-0.15, -0.1) is 11.6 Å². The van der Waals surface area contributed by atoms with Gasteiger partial charge >= 0.3 is 0 Å². The number of rotatable bonds is 6. The van der Waals surface area contributed by atoms with E-state index < -0.39 is 58.9 Å². The van der Waals surface area contributed by atoms with E-state index in [1.165, 1.54) is 0 Å². The van der Waals surface area contributed by atoms with Gasteiger partial charge in [-0.25, -0.2) is 12.8 Å². The highest BCUT2D eigenvalue weighted by Gasteiger charge is 2.31. The Bertz CT molecular complexity index is 1060. The molecule has 2 N–H and O–H groups in total. The average molecular weight is 502 g/mol. The Morgan fingerprint density at radius 1 is 1.37 bits per heavy atom. The monoisotopic (exact) mass is 500 g/mol. The normalized spacial score (nSPS) is 11.3. The summed E-state index contributed by atoms with van der Waals surface area (Å²) in [6, 6.07) is 3.50. The van der Waals surface area contributed by atoms with Gasteiger partial charge < -0.3 is 5.11 Å². The van der Waals surface area contributed by atoms with Crippen LogP contribution in [0, 0.1) is 15.9 Å². The van der Waals surface area contributed by atoms with Crippen LogP contribution in [0.25, 0.3) is 0 Å².